The molecule has 0 unspecified atom stereocenters. The van der Waals surface area contributed by atoms with E-state index in [0.29, 0.717) is 17.9 Å². The van der Waals surface area contributed by atoms with Gasteiger partial charge in [0, 0.05) is 6.04 Å². The Labute approximate surface area is 147 Å². The van der Waals surface area contributed by atoms with E-state index >= 15 is 0 Å². The lowest BCUT2D eigenvalue weighted by Crippen LogP contribution is -2.36. The van der Waals surface area contributed by atoms with Crippen molar-refractivity contribution in [3.05, 3.63) is 35.4 Å². The molecule has 1 aromatic carbocycles. The van der Waals surface area contributed by atoms with Gasteiger partial charge in [-0.05, 0) is 43.5 Å². The van der Waals surface area contributed by atoms with Crippen LogP contribution in [-0.4, -0.2) is 31.1 Å². The summed E-state index contributed by atoms with van der Waals surface area (Å²) in [6.45, 7) is 2.08. The molecule has 2 rings (SSSR count). The Kier molecular flexibility index (Phi) is 7.02. The van der Waals surface area contributed by atoms with Crippen LogP contribution >= 0.6 is 0 Å². The third kappa shape index (κ3) is 5.96. The molecule has 0 atom stereocenters. The number of amides is 1. The largest absolute Gasteiger partial charge is 0.494 e. The summed E-state index contributed by atoms with van der Waals surface area (Å²) in [7, 11) is 0. The van der Waals surface area contributed by atoms with Gasteiger partial charge in [-0.2, -0.15) is 5.26 Å². The molecule has 1 aliphatic carbocycles. The van der Waals surface area contributed by atoms with Crippen LogP contribution in [0.15, 0.2) is 29.8 Å². The highest BCUT2D eigenvalue weighted by Crippen LogP contribution is 2.17. The van der Waals surface area contributed by atoms with Crippen molar-refractivity contribution in [2.45, 2.75) is 38.6 Å². The Hall–Kier alpha value is -2.81. The first kappa shape index (κ1) is 18.5. The highest BCUT2D eigenvalue weighted by Gasteiger charge is 2.18. The maximum absolute atomic E-state index is 12.0. The number of carbonyl (C=O) groups is 2. The van der Waals surface area contributed by atoms with Crippen LogP contribution in [0.5, 0.6) is 5.75 Å². The van der Waals surface area contributed by atoms with Gasteiger partial charge in [-0.3, -0.25) is 4.79 Å². The normalized spacial score (nSPS) is 14.6. The van der Waals surface area contributed by atoms with Gasteiger partial charge in [0.15, 0.2) is 6.61 Å². The molecular formula is C19H22N2O4. The van der Waals surface area contributed by atoms with E-state index in [2.05, 4.69) is 5.32 Å². The average molecular weight is 342 g/mol. The lowest BCUT2D eigenvalue weighted by molar-refractivity contribution is -0.144. The molecule has 1 aliphatic rings. The first-order valence-corrected chi connectivity index (χ1v) is 8.43. The van der Waals surface area contributed by atoms with Gasteiger partial charge in [0.2, 0.25) is 0 Å². The second kappa shape index (κ2) is 9.48. The Bertz CT molecular complexity index is 668. The summed E-state index contributed by atoms with van der Waals surface area (Å²) in [6, 6.07) is 8.96. The van der Waals surface area contributed by atoms with Crippen LogP contribution in [0.2, 0.25) is 0 Å². The molecule has 0 saturated heterocycles. The average Bonchev–Trinajstić information content (AvgIpc) is 3.12. The highest BCUT2D eigenvalue weighted by molar-refractivity contribution is 5.98. The predicted molar refractivity (Wildman–Crippen MR) is 92.6 cm³/mol. The molecule has 6 nitrogen and oxygen atoms in total. The van der Waals surface area contributed by atoms with Crippen LogP contribution in [-0.2, 0) is 14.3 Å². The van der Waals surface area contributed by atoms with Crippen LogP contribution in [0.1, 0.15) is 38.2 Å². The van der Waals surface area contributed by atoms with Crippen molar-refractivity contribution in [1.29, 1.82) is 5.26 Å². The number of nitrogens with zero attached hydrogens (tertiary/aromatic N) is 1. The van der Waals surface area contributed by atoms with Crippen molar-refractivity contribution >= 4 is 18.0 Å². The first-order chi connectivity index (χ1) is 12.1. The zero-order valence-electron chi connectivity index (χ0n) is 14.3. The summed E-state index contributed by atoms with van der Waals surface area (Å²) in [5.74, 6) is -0.430. The summed E-state index contributed by atoms with van der Waals surface area (Å²) in [5, 5.41) is 12.0. The van der Waals surface area contributed by atoms with E-state index in [-0.39, 0.29) is 24.1 Å². The Balaban J connectivity index is 1.88. The molecule has 0 radical (unpaired) electrons. The number of benzene rings is 1. The fraction of sp³-hybridized carbons (Fsp3) is 0.421. The van der Waals surface area contributed by atoms with Crippen LogP contribution in [0.25, 0.3) is 6.08 Å². The van der Waals surface area contributed by atoms with Crippen LogP contribution in [0.4, 0.5) is 0 Å². The molecule has 1 aromatic rings. The zero-order valence-corrected chi connectivity index (χ0v) is 14.3. The number of carbonyl (C=O) groups excluding carboxylic acids is 2. The molecule has 0 aromatic heterocycles. The molecule has 132 valence electrons. The van der Waals surface area contributed by atoms with E-state index < -0.39 is 5.97 Å². The molecule has 1 N–H and O–H groups in total. The molecule has 1 amide bonds. The van der Waals surface area contributed by atoms with Crippen molar-refractivity contribution in [3.8, 4) is 11.8 Å². The van der Waals surface area contributed by atoms with Crippen molar-refractivity contribution in [2.24, 2.45) is 0 Å². The second-order valence-corrected chi connectivity index (χ2v) is 5.80. The molecule has 0 bridgehead atoms. The molecule has 0 spiro atoms. The second-order valence-electron chi connectivity index (χ2n) is 5.80. The number of nitriles is 1. The minimum atomic E-state index is -0.807. The van der Waals surface area contributed by atoms with Gasteiger partial charge in [0.05, 0.1) is 6.61 Å². The van der Waals surface area contributed by atoms with E-state index in [1.807, 2.05) is 13.0 Å². The van der Waals surface area contributed by atoms with Gasteiger partial charge in [-0.25, -0.2) is 4.79 Å². The Morgan fingerprint density at radius 2 is 1.96 bits per heavy atom. The summed E-state index contributed by atoms with van der Waals surface area (Å²) < 4.78 is 10.3. The summed E-state index contributed by atoms with van der Waals surface area (Å²) in [6.07, 6.45) is 5.55. The maximum Gasteiger partial charge on any atom is 0.349 e. The van der Waals surface area contributed by atoms with Gasteiger partial charge in [-0.15, -0.1) is 0 Å². The highest BCUT2D eigenvalue weighted by atomic mass is 16.5. The number of rotatable bonds is 7. The van der Waals surface area contributed by atoms with E-state index in [1.165, 1.54) is 6.08 Å². The number of hydrogen-bond acceptors (Lipinski definition) is 5. The fourth-order valence-corrected chi connectivity index (χ4v) is 2.68. The van der Waals surface area contributed by atoms with Gasteiger partial charge < -0.3 is 14.8 Å². The van der Waals surface area contributed by atoms with Crippen molar-refractivity contribution < 1.29 is 19.1 Å². The Morgan fingerprint density at radius 1 is 1.28 bits per heavy atom. The third-order valence-electron chi connectivity index (χ3n) is 3.90. The molecule has 0 heterocycles. The fourth-order valence-electron chi connectivity index (χ4n) is 2.68. The minimum Gasteiger partial charge on any atom is -0.494 e. The lowest BCUT2D eigenvalue weighted by atomic mass is 10.1. The summed E-state index contributed by atoms with van der Waals surface area (Å²) >= 11 is 0. The number of ether oxygens (including phenoxy) is 2. The van der Waals surface area contributed by atoms with E-state index in [4.69, 9.17) is 14.7 Å². The number of nitrogens with one attached hydrogen (secondary N) is 1. The molecule has 6 heteroatoms. The maximum atomic E-state index is 12.0. The quantitative estimate of drug-likeness (QED) is 0.467. The third-order valence-corrected chi connectivity index (χ3v) is 3.90. The minimum absolute atomic E-state index is 0.155. The molecule has 0 aliphatic heterocycles. The molecular weight excluding hydrogens is 320 g/mol. The van der Waals surface area contributed by atoms with Gasteiger partial charge in [0.25, 0.3) is 5.91 Å². The van der Waals surface area contributed by atoms with Crippen LogP contribution in [0.3, 0.4) is 0 Å². The molecule has 25 heavy (non-hydrogen) atoms. The smallest absolute Gasteiger partial charge is 0.349 e. The van der Waals surface area contributed by atoms with Crippen LogP contribution < -0.4 is 10.1 Å². The summed E-state index contributed by atoms with van der Waals surface area (Å²) in [5.41, 5.74) is 0.519. The first-order valence-electron chi connectivity index (χ1n) is 8.43. The van der Waals surface area contributed by atoms with Gasteiger partial charge >= 0.3 is 5.97 Å². The van der Waals surface area contributed by atoms with E-state index in [1.54, 1.807) is 24.3 Å². The van der Waals surface area contributed by atoms with E-state index in [9.17, 15) is 9.59 Å². The Morgan fingerprint density at radius 3 is 2.56 bits per heavy atom. The van der Waals surface area contributed by atoms with Gasteiger partial charge in [-0.1, -0.05) is 25.0 Å². The zero-order chi connectivity index (χ0) is 18.1. The van der Waals surface area contributed by atoms with Gasteiger partial charge in [0.1, 0.15) is 17.4 Å². The molecule has 1 fully saturated rings. The monoisotopic (exact) mass is 342 g/mol. The standard InChI is InChI=1S/C19H22N2O4/c1-2-24-17-9-7-14(8-10-17)11-15(12-20)19(23)25-13-18(22)21-16-5-3-4-6-16/h7-11,16H,2-6,13H2,1H3,(H,21,22)/b15-11+. The van der Waals surface area contributed by atoms with Crippen molar-refractivity contribution in [2.75, 3.05) is 13.2 Å². The topological polar surface area (TPSA) is 88.4 Å². The number of hydrogen-bond donors (Lipinski definition) is 1. The van der Waals surface area contributed by atoms with E-state index in [0.717, 1.165) is 25.7 Å². The SMILES string of the molecule is CCOc1ccc(/C=C(\C#N)C(=O)OCC(=O)NC2CCCC2)cc1. The predicted octanol–water partition coefficient (Wildman–Crippen LogP) is 2.59. The van der Waals surface area contributed by atoms with Crippen molar-refractivity contribution in [3.63, 3.8) is 0 Å². The summed E-state index contributed by atoms with van der Waals surface area (Å²) in [4.78, 5) is 23.7. The van der Waals surface area contributed by atoms with Crippen LogP contribution in [0, 0.1) is 11.3 Å². The lowest BCUT2D eigenvalue weighted by Gasteiger charge is -2.11. The van der Waals surface area contributed by atoms with Crippen molar-refractivity contribution in [1.82, 2.24) is 5.32 Å². The molecule has 1 saturated carbocycles. The number of esters is 1.